The maximum atomic E-state index is 14.3. The van der Waals surface area contributed by atoms with Gasteiger partial charge in [-0.05, 0) is 26.0 Å². The highest BCUT2D eigenvalue weighted by Crippen LogP contribution is 2.57. The van der Waals surface area contributed by atoms with Crippen molar-refractivity contribution in [1.82, 2.24) is 29.7 Å². The number of hydrogen-bond donors (Lipinski definition) is 1. The zero-order valence-electron chi connectivity index (χ0n) is 21.0. The Labute approximate surface area is 213 Å². The molecule has 6 atom stereocenters. The predicted octanol–water partition coefficient (Wildman–Crippen LogP) is 0.167. The van der Waals surface area contributed by atoms with Gasteiger partial charge in [0, 0.05) is 20.1 Å². The van der Waals surface area contributed by atoms with E-state index < -0.39 is 35.1 Å². The number of aromatic nitrogens is 3. The fourth-order valence-electron chi connectivity index (χ4n) is 6.50. The molecule has 2 saturated heterocycles. The topological polar surface area (TPSA) is 121 Å². The summed E-state index contributed by atoms with van der Waals surface area (Å²) in [6.45, 7) is 3.98. The average Bonchev–Trinajstić information content (AvgIpc) is 3.42. The summed E-state index contributed by atoms with van der Waals surface area (Å²) >= 11 is 0. The van der Waals surface area contributed by atoms with Gasteiger partial charge in [0.25, 0.3) is 5.91 Å². The van der Waals surface area contributed by atoms with E-state index in [1.807, 2.05) is 49.4 Å². The summed E-state index contributed by atoms with van der Waals surface area (Å²) in [6.07, 6.45) is 7.34. The molecule has 1 aromatic heterocycles. The lowest BCUT2D eigenvalue weighted by atomic mass is 9.74. The van der Waals surface area contributed by atoms with Gasteiger partial charge in [-0.15, -0.1) is 5.10 Å². The molecule has 1 aromatic carbocycles. The molecule has 1 N–H and O–H groups in total. The van der Waals surface area contributed by atoms with Crippen LogP contribution < -0.4 is 0 Å². The van der Waals surface area contributed by atoms with Crippen molar-refractivity contribution in [3.63, 3.8) is 0 Å². The molecule has 194 valence electrons. The Morgan fingerprint density at radius 1 is 1.08 bits per heavy atom. The summed E-state index contributed by atoms with van der Waals surface area (Å²) in [6, 6.07) is 5.79. The summed E-state index contributed by atoms with van der Waals surface area (Å²) in [5, 5.41) is 18.5. The van der Waals surface area contributed by atoms with Gasteiger partial charge in [-0.1, -0.05) is 41.7 Å². The third kappa shape index (κ3) is 3.23. The largest absolute Gasteiger partial charge is 0.394 e. The highest BCUT2D eigenvalue weighted by atomic mass is 16.5. The summed E-state index contributed by atoms with van der Waals surface area (Å²) in [5.41, 5.74) is -0.916. The first-order valence-electron chi connectivity index (χ1n) is 12.5. The van der Waals surface area contributed by atoms with Crippen LogP contribution in [-0.2, 0) is 25.8 Å². The first-order chi connectivity index (χ1) is 17.7. The quantitative estimate of drug-likeness (QED) is 0.587. The van der Waals surface area contributed by atoms with Gasteiger partial charge in [0.2, 0.25) is 11.8 Å². The van der Waals surface area contributed by atoms with Crippen LogP contribution in [0.5, 0.6) is 0 Å². The maximum Gasteiger partial charge on any atom is 0.250 e. The van der Waals surface area contributed by atoms with Crippen LogP contribution in [0.1, 0.15) is 13.8 Å². The minimum absolute atomic E-state index is 0.124. The average molecular weight is 507 g/mol. The molecule has 1 unspecified atom stereocenters. The van der Waals surface area contributed by atoms with E-state index in [9.17, 15) is 19.5 Å². The number of hydrogen-bond acceptors (Lipinski definition) is 7. The van der Waals surface area contributed by atoms with Crippen molar-refractivity contribution >= 4 is 28.8 Å². The summed E-state index contributed by atoms with van der Waals surface area (Å²) in [4.78, 5) is 46.5. The number of aliphatic hydroxyl groups excluding tert-OH is 1. The van der Waals surface area contributed by atoms with Gasteiger partial charge in [0.1, 0.15) is 23.8 Å². The Balaban J connectivity index is 1.45. The van der Waals surface area contributed by atoms with Crippen LogP contribution in [0.3, 0.4) is 0 Å². The zero-order valence-corrected chi connectivity index (χ0v) is 21.0. The number of likely N-dealkylation sites (N-methyl/N-ethyl adjacent to an activating group) is 1. The number of amides is 3. The Kier molecular flexibility index (Phi) is 5.29. The van der Waals surface area contributed by atoms with Crippen molar-refractivity contribution in [3.8, 4) is 0 Å². The Hall–Kier alpha value is -3.57. The molecule has 0 aliphatic carbocycles. The van der Waals surface area contributed by atoms with Gasteiger partial charge < -0.3 is 24.5 Å². The SMILES string of the molecule is C[C@H](CO)N1C(=O)[C@@H]2[C@@H]3C(=O)N(C)CC=C[C@]3(C)O[C@@]23C=CCN(Cn2nnc4ccccc42)C(=O)C13. The molecule has 0 radical (unpaired) electrons. The van der Waals surface area contributed by atoms with Gasteiger partial charge in [-0.25, -0.2) is 4.68 Å². The first kappa shape index (κ1) is 23.8. The second kappa shape index (κ2) is 8.22. The van der Waals surface area contributed by atoms with Gasteiger partial charge >= 0.3 is 0 Å². The van der Waals surface area contributed by atoms with E-state index in [1.165, 1.54) is 4.90 Å². The lowest BCUT2D eigenvalue weighted by Crippen LogP contribution is -2.58. The second-order valence-electron chi connectivity index (χ2n) is 10.6. The number of benzene rings is 1. The van der Waals surface area contributed by atoms with Crippen LogP contribution >= 0.6 is 0 Å². The highest BCUT2D eigenvalue weighted by Gasteiger charge is 2.75. The summed E-state index contributed by atoms with van der Waals surface area (Å²) in [5.74, 6) is -2.59. The molecule has 2 fully saturated rings. The monoisotopic (exact) mass is 506 g/mol. The Bertz CT molecular complexity index is 1350. The molecule has 37 heavy (non-hydrogen) atoms. The normalized spacial score (nSPS) is 34.0. The van der Waals surface area contributed by atoms with Crippen LogP contribution in [0.25, 0.3) is 11.0 Å². The molecule has 4 aliphatic rings. The molecular weight excluding hydrogens is 476 g/mol. The number of fused-ring (bicyclic) bond motifs is 3. The van der Waals surface area contributed by atoms with E-state index in [0.29, 0.717) is 12.1 Å². The number of rotatable bonds is 4. The molecule has 5 heterocycles. The lowest BCUT2D eigenvalue weighted by Gasteiger charge is -2.39. The molecule has 6 rings (SSSR count). The van der Waals surface area contributed by atoms with Gasteiger partial charge in [0.15, 0.2) is 0 Å². The van der Waals surface area contributed by atoms with Crippen molar-refractivity contribution in [2.45, 2.75) is 43.8 Å². The fourth-order valence-corrected chi connectivity index (χ4v) is 6.50. The van der Waals surface area contributed by atoms with Crippen molar-refractivity contribution in [1.29, 1.82) is 0 Å². The molecule has 4 aliphatic heterocycles. The number of carbonyl (C=O) groups is 3. The molecule has 0 bridgehead atoms. The number of aliphatic hydroxyl groups is 1. The smallest absolute Gasteiger partial charge is 0.250 e. The predicted molar refractivity (Wildman–Crippen MR) is 132 cm³/mol. The van der Waals surface area contributed by atoms with E-state index in [-0.39, 0.29) is 37.5 Å². The van der Waals surface area contributed by atoms with Crippen molar-refractivity contribution in [2.75, 3.05) is 26.7 Å². The highest BCUT2D eigenvalue weighted by molar-refractivity contribution is 6.00. The number of likely N-dealkylation sites (tertiary alicyclic amines) is 1. The number of carbonyl (C=O) groups excluding carboxylic acids is 3. The van der Waals surface area contributed by atoms with Crippen LogP contribution in [0, 0.1) is 11.8 Å². The molecule has 2 aromatic rings. The molecular formula is C26H30N6O5. The van der Waals surface area contributed by atoms with E-state index in [2.05, 4.69) is 10.3 Å². The van der Waals surface area contributed by atoms with Crippen LogP contribution in [0.15, 0.2) is 48.6 Å². The first-order valence-corrected chi connectivity index (χ1v) is 12.5. The van der Waals surface area contributed by atoms with Crippen molar-refractivity contribution in [3.05, 3.63) is 48.6 Å². The lowest BCUT2D eigenvalue weighted by molar-refractivity contribution is -0.156. The minimum Gasteiger partial charge on any atom is -0.394 e. The fraction of sp³-hybridized carbons (Fsp3) is 0.500. The van der Waals surface area contributed by atoms with Crippen molar-refractivity contribution < 1.29 is 24.2 Å². The van der Waals surface area contributed by atoms with Crippen LogP contribution in [-0.4, -0.2) is 103 Å². The summed E-state index contributed by atoms with van der Waals surface area (Å²) < 4.78 is 8.37. The standard InChI is InChI=1S/C26H30N6O5/c1-16(14-33)32-21-24(36)30(15-31-18-9-5-4-8-17(18)27-28-31)13-7-11-26(21)20(23(32)35)19-22(34)29(3)12-6-10-25(19,2)37-26/h4-11,16,19-21,33H,12-15H2,1-3H3/t16-,19-,20+,21?,25+,26+/m1/s1. The maximum absolute atomic E-state index is 14.3. The number of para-hydroxylation sites is 1. The molecule has 0 saturated carbocycles. The van der Waals surface area contributed by atoms with E-state index in [1.54, 1.807) is 34.5 Å². The van der Waals surface area contributed by atoms with Crippen molar-refractivity contribution in [2.24, 2.45) is 11.8 Å². The van der Waals surface area contributed by atoms with E-state index in [0.717, 1.165) is 5.52 Å². The third-order valence-corrected chi connectivity index (χ3v) is 8.24. The molecule has 11 nitrogen and oxygen atoms in total. The number of nitrogens with zero attached hydrogens (tertiary/aromatic N) is 6. The van der Waals surface area contributed by atoms with E-state index >= 15 is 0 Å². The van der Waals surface area contributed by atoms with Crippen LogP contribution in [0.2, 0.25) is 0 Å². The van der Waals surface area contributed by atoms with Gasteiger partial charge in [-0.3, -0.25) is 14.4 Å². The molecule has 1 spiro atoms. The zero-order chi connectivity index (χ0) is 26.1. The molecule has 3 amide bonds. The Morgan fingerprint density at radius 2 is 1.84 bits per heavy atom. The van der Waals surface area contributed by atoms with Gasteiger partial charge in [-0.2, -0.15) is 0 Å². The summed E-state index contributed by atoms with van der Waals surface area (Å²) in [7, 11) is 1.70. The van der Waals surface area contributed by atoms with E-state index in [4.69, 9.17) is 4.74 Å². The van der Waals surface area contributed by atoms with Gasteiger partial charge in [0.05, 0.1) is 35.6 Å². The Morgan fingerprint density at radius 3 is 2.62 bits per heavy atom. The second-order valence-corrected chi connectivity index (χ2v) is 10.6. The number of ether oxygens (including phenoxy) is 1. The third-order valence-electron chi connectivity index (χ3n) is 8.24. The van der Waals surface area contributed by atoms with Crippen LogP contribution in [0.4, 0.5) is 0 Å². The minimum atomic E-state index is -1.35. The molecule has 11 heteroatoms.